The Balaban J connectivity index is 1.31. The Morgan fingerprint density at radius 2 is 1.74 bits per heavy atom. The van der Waals surface area contributed by atoms with Gasteiger partial charge in [-0.1, -0.05) is 40.2 Å². The summed E-state index contributed by atoms with van der Waals surface area (Å²) in [4.78, 5) is 5.45. The minimum Gasteiger partial charge on any atom is -0.370 e. The number of hydrogen-bond donors (Lipinski definition) is 2. The summed E-state index contributed by atoms with van der Waals surface area (Å²) in [5.74, 6) is 4.08. The fraction of sp³-hybridized carbons (Fsp3) is 0.522. The summed E-state index contributed by atoms with van der Waals surface area (Å²) >= 11 is 3.82. The van der Waals surface area contributed by atoms with Crippen LogP contribution in [-0.4, -0.2) is 12.0 Å². The second kappa shape index (κ2) is 5.97. The molecule has 0 spiro atoms. The lowest BCUT2D eigenvalue weighted by atomic mass is 9.54. The van der Waals surface area contributed by atoms with Gasteiger partial charge in [-0.05, 0) is 84.8 Å². The molecule has 2 aromatic carbocycles. The molecule has 0 radical (unpaired) electrons. The van der Waals surface area contributed by atoms with Crippen molar-refractivity contribution in [1.29, 1.82) is 0 Å². The van der Waals surface area contributed by atoms with Crippen LogP contribution in [0.15, 0.2) is 35.3 Å². The van der Waals surface area contributed by atoms with E-state index in [1.165, 1.54) is 54.0 Å². The number of rotatable bonds is 2. The van der Waals surface area contributed by atoms with Gasteiger partial charge in [0, 0.05) is 15.9 Å². The van der Waals surface area contributed by atoms with Crippen molar-refractivity contribution in [1.82, 2.24) is 0 Å². The molecule has 5 aliphatic rings. The van der Waals surface area contributed by atoms with Gasteiger partial charge in [-0.25, -0.2) is 4.99 Å². The van der Waals surface area contributed by atoms with Crippen LogP contribution in [0, 0.1) is 23.7 Å². The molecule has 0 aliphatic heterocycles. The molecule has 1 atom stereocenters. The maximum absolute atomic E-state index is 6.43. The molecule has 2 aromatic rings. The molecule has 27 heavy (non-hydrogen) atoms. The average molecular weight is 424 g/mol. The molecule has 0 heterocycles. The van der Waals surface area contributed by atoms with Crippen LogP contribution in [0.4, 0.5) is 5.69 Å². The monoisotopic (exact) mass is 423 g/mol. The number of hydrogen-bond acceptors (Lipinski definition) is 1. The Bertz CT molecular complexity index is 922. The first-order chi connectivity index (χ1) is 13.2. The van der Waals surface area contributed by atoms with Crippen LogP contribution in [0.3, 0.4) is 0 Å². The Morgan fingerprint density at radius 3 is 2.48 bits per heavy atom. The zero-order chi connectivity index (χ0) is 18.1. The van der Waals surface area contributed by atoms with Gasteiger partial charge in [0.1, 0.15) is 0 Å². The van der Waals surface area contributed by atoms with Crippen molar-refractivity contribution in [3.8, 4) is 0 Å². The number of benzene rings is 2. The van der Waals surface area contributed by atoms with E-state index in [9.17, 15) is 0 Å². The standard InChI is InChI=1S/C23H26BrN3/c24-19-11-14-4-5-20(18-3-1-2-17(19)21(14)18)26-23(25)27-22-15-7-12-6-13(9-15)10-16(22)8-12/h1-5,12-13,15-16,19,22H,6-11H2,(H3,25,26,27). The molecule has 1 unspecified atom stereocenters. The highest BCUT2D eigenvalue weighted by Gasteiger charge is 2.48. The summed E-state index contributed by atoms with van der Waals surface area (Å²) in [6.45, 7) is 0. The molecular formula is C23H26BrN3. The molecule has 5 aliphatic carbocycles. The van der Waals surface area contributed by atoms with Crippen LogP contribution >= 0.6 is 15.9 Å². The van der Waals surface area contributed by atoms with E-state index in [0.29, 0.717) is 16.8 Å². The van der Waals surface area contributed by atoms with E-state index in [1.807, 2.05) is 0 Å². The highest BCUT2D eigenvalue weighted by molar-refractivity contribution is 9.09. The molecule has 0 amide bonds. The summed E-state index contributed by atoms with van der Waals surface area (Å²) in [7, 11) is 0. The first-order valence-corrected chi connectivity index (χ1v) is 11.4. The molecule has 4 fully saturated rings. The van der Waals surface area contributed by atoms with E-state index in [1.54, 1.807) is 0 Å². The minimum absolute atomic E-state index is 0.422. The van der Waals surface area contributed by atoms with Gasteiger partial charge >= 0.3 is 0 Å². The average Bonchev–Trinajstić information content (AvgIpc) is 2.97. The number of guanidine groups is 1. The predicted octanol–water partition coefficient (Wildman–Crippen LogP) is 5.38. The Labute approximate surface area is 168 Å². The number of nitrogens with one attached hydrogen (secondary N) is 1. The van der Waals surface area contributed by atoms with Crippen molar-refractivity contribution >= 4 is 38.3 Å². The number of nitrogens with two attached hydrogens (primary N) is 1. The second-order valence-corrected chi connectivity index (χ2v) is 10.4. The summed E-state index contributed by atoms with van der Waals surface area (Å²) in [5, 5.41) is 6.09. The predicted molar refractivity (Wildman–Crippen MR) is 115 cm³/mol. The molecule has 4 heteroatoms. The van der Waals surface area contributed by atoms with Gasteiger partial charge in [-0.2, -0.15) is 0 Å². The van der Waals surface area contributed by atoms with E-state index in [-0.39, 0.29) is 0 Å². The van der Waals surface area contributed by atoms with Gasteiger partial charge in [-0.3, -0.25) is 0 Å². The van der Waals surface area contributed by atoms with E-state index >= 15 is 0 Å². The third kappa shape index (κ3) is 2.55. The lowest BCUT2D eigenvalue weighted by molar-refractivity contribution is 0.00124. The molecule has 4 saturated carbocycles. The first kappa shape index (κ1) is 16.4. The van der Waals surface area contributed by atoms with Crippen molar-refractivity contribution in [3.63, 3.8) is 0 Å². The largest absolute Gasteiger partial charge is 0.370 e. The Hall–Kier alpha value is -1.55. The maximum atomic E-state index is 6.43. The molecule has 140 valence electrons. The zero-order valence-corrected chi connectivity index (χ0v) is 17.1. The van der Waals surface area contributed by atoms with Gasteiger partial charge in [0.05, 0.1) is 6.04 Å². The summed E-state index contributed by atoms with van der Waals surface area (Å²) in [5.41, 5.74) is 10.3. The molecule has 4 bridgehead atoms. The van der Waals surface area contributed by atoms with E-state index < -0.39 is 0 Å². The van der Waals surface area contributed by atoms with Gasteiger partial charge in [0.2, 0.25) is 0 Å². The highest BCUT2D eigenvalue weighted by atomic mass is 79.9. The lowest BCUT2D eigenvalue weighted by Gasteiger charge is -2.53. The number of alkyl halides is 1. The fourth-order valence-corrected chi connectivity index (χ4v) is 7.52. The molecular weight excluding hydrogens is 398 g/mol. The van der Waals surface area contributed by atoms with Gasteiger partial charge in [0.15, 0.2) is 5.96 Å². The van der Waals surface area contributed by atoms with Crippen LogP contribution in [0.5, 0.6) is 0 Å². The van der Waals surface area contributed by atoms with Crippen LogP contribution in [0.2, 0.25) is 0 Å². The highest BCUT2D eigenvalue weighted by Crippen LogP contribution is 2.54. The maximum Gasteiger partial charge on any atom is 0.193 e. The quantitative estimate of drug-likeness (QED) is 0.386. The number of halogens is 1. The van der Waals surface area contributed by atoms with Crippen molar-refractivity contribution in [2.45, 2.75) is 49.4 Å². The first-order valence-electron chi connectivity index (χ1n) is 10.4. The van der Waals surface area contributed by atoms with Gasteiger partial charge in [0.25, 0.3) is 0 Å². The third-order valence-electron chi connectivity index (χ3n) is 7.62. The topological polar surface area (TPSA) is 50.4 Å². The smallest absolute Gasteiger partial charge is 0.193 e. The van der Waals surface area contributed by atoms with Crippen molar-refractivity contribution in [3.05, 3.63) is 41.5 Å². The second-order valence-electron chi connectivity index (χ2n) is 9.27. The van der Waals surface area contributed by atoms with Gasteiger partial charge < -0.3 is 11.1 Å². The molecule has 0 saturated heterocycles. The van der Waals surface area contributed by atoms with Crippen LogP contribution in [0.25, 0.3) is 10.8 Å². The fourth-order valence-electron chi connectivity index (χ4n) is 6.79. The molecule has 3 N–H and O–H groups in total. The van der Waals surface area contributed by atoms with Crippen molar-refractivity contribution < 1.29 is 0 Å². The number of aliphatic imine (C=N–C) groups is 1. The van der Waals surface area contributed by atoms with Crippen LogP contribution in [0.1, 0.15) is 48.1 Å². The number of anilines is 1. The Morgan fingerprint density at radius 1 is 1.00 bits per heavy atom. The van der Waals surface area contributed by atoms with E-state index in [0.717, 1.165) is 35.8 Å². The molecule has 3 nitrogen and oxygen atoms in total. The third-order valence-corrected chi connectivity index (χ3v) is 8.44. The molecule has 7 rings (SSSR count). The summed E-state index contributed by atoms with van der Waals surface area (Å²) in [6.07, 6.45) is 8.05. The lowest BCUT2D eigenvalue weighted by Crippen LogP contribution is -2.48. The zero-order valence-electron chi connectivity index (χ0n) is 15.5. The minimum atomic E-state index is 0.422. The summed E-state index contributed by atoms with van der Waals surface area (Å²) in [6, 6.07) is 11.4. The number of nitrogens with zero attached hydrogens (tertiary/aromatic N) is 1. The van der Waals surface area contributed by atoms with Crippen LogP contribution < -0.4 is 11.1 Å². The van der Waals surface area contributed by atoms with Crippen molar-refractivity contribution in [2.75, 3.05) is 5.32 Å². The van der Waals surface area contributed by atoms with E-state index in [4.69, 9.17) is 10.7 Å². The summed E-state index contributed by atoms with van der Waals surface area (Å²) < 4.78 is 0. The molecule has 0 aromatic heterocycles. The SMILES string of the molecule is NC(=NC1C2CC3CC(C2)CC1C3)Nc1ccc2c3c(cccc13)C(Br)C2. The van der Waals surface area contributed by atoms with Crippen molar-refractivity contribution in [2.24, 2.45) is 34.4 Å². The van der Waals surface area contributed by atoms with Gasteiger partial charge in [-0.15, -0.1) is 0 Å². The van der Waals surface area contributed by atoms with Crippen LogP contribution in [-0.2, 0) is 6.42 Å². The Kier molecular flexibility index (Phi) is 3.63. The van der Waals surface area contributed by atoms with E-state index in [2.05, 4.69) is 51.6 Å². The normalized spacial score (nSPS) is 36.6.